The zero-order chi connectivity index (χ0) is 24.1. The Balaban J connectivity index is 2.45. The molecule has 0 spiro atoms. The van der Waals surface area contributed by atoms with E-state index in [9.17, 15) is 22.4 Å². The third-order valence-electron chi connectivity index (χ3n) is 5.20. The number of benzene rings is 2. The second-order valence-corrected chi connectivity index (χ2v) is 9.65. The highest BCUT2D eigenvalue weighted by molar-refractivity contribution is 7.92. The smallest absolute Gasteiger partial charge is 0.244 e. The van der Waals surface area contributed by atoms with Crippen molar-refractivity contribution in [1.29, 1.82) is 0 Å². The van der Waals surface area contributed by atoms with Crippen molar-refractivity contribution < 1.29 is 22.4 Å². The number of likely N-dealkylation sites (N-methyl/N-ethyl adjacent to an activating group) is 1. The van der Waals surface area contributed by atoms with Crippen molar-refractivity contribution in [1.82, 2.24) is 10.2 Å². The van der Waals surface area contributed by atoms with Crippen molar-refractivity contribution in [3.05, 3.63) is 65.0 Å². The van der Waals surface area contributed by atoms with Gasteiger partial charge < -0.3 is 10.2 Å². The van der Waals surface area contributed by atoms with E-state index >= 15 is 0 Å². The van der Waals surface area contributed by atoms with Crippen molar-refractivity contribution in [2.75, 3.05) is 24.2 Å². The van der Waals surface area contributed by atoms with E-state index in [-0.39, 0.29) is 12.5 Å². The summed E-state index contributed by atoms with van der Waals surface area (Å²) in [6, 6.07) is 10.1. The van der Waals surface area contributed by atoms with Crippen molar-refractivity contribution in [3.8, 4) is 0 Å². The maximum absolute atomic E-state index is 13.4. The average Bonchev–Trinajstić information content (AvgIpc) is 2.72. The number of carbonyl (C=O) groups excluding carboxylic acids is 2. The first-order chi connectivity index (χ1) is 15.0. The summed E-state index contributed by atoms with van der Waals surface area (Å²) in [5.74, 6) is -1.31. The molecule has 0 aliphatic carbocycles. The molecule has 0 aliphatic heterocycles. The number of rotatable bonds is 9. The van der Waals surface area contributed by atoms with Gasteiger partial charge in [0, 0.05) is 13.6 Å². The number of hydrogen-bond donors (Lipinski definition) is 1. The number of amides is 2. The predicted molar refractivity (Wildman–Crippen MR) is 123 cm³/mol. The van der Waals surface area contributed by atoms with Gasteiger partial charge in [-0.05, 0) is 49.6 Å². The molecule has 0 aromatic heterocycles. The van der Waals surface area contributed by atoms with Crippen molar-refractivity contribution in [2.45, 2.75) is 39.8 Å². The Morgan fingerprint density at radius 1 is 1.09 bits per heavy atom. The van der Waals surface area contributed by atoms with E-state index in [4.69, 9.17) is 0 Å². The summed E-state index contributed by atoms with van der Waals surface area (Å²) in [7, 11) is -2.31. The number of sulfonamides is 1. The molecule has 0 saturated carbocycles. The molecule has 174 valence electrons. The lowest BCUT2D eigenvalue weighted by Gasteiger charge is -2.33. The van der Waals surface area contributed by atoms with Gasteiger partial charge in [0.05, 0.1) is 11.9 Å². The van der Waals surface area contributed by atoms with Crippen LogP contribution >= 0.6 is 0 Å². The van der Waals surface area contributed by atoms with Gasteiger partial charge in [-0.2, -0.15) is 0 Å². The van der Waals surface area contributed by atoms with Crippen LogP contribution in [-0.2, 0) is 26.2 Å². The minimum atomic E-state index is -3.78. The Kier molecular flexibility index (Phi) is 8.38. The Hall–Kier alpha value is -2.94. The topological polar surface area (TPSA) is 86.8 Å². The summed E-state index contributed by atoms with van der Waals surface area (Å²) in [4.78, 5) is 27.2. The number of hydrogen-bond acceptors (Lipinski definition) is 4. The molecule has 0 fully saturated rings. The largest absolute Gasteiger partial charge is 0.357 e. The van der Waals surface area contributed by atoms with Crippen LogP contribution in [0, 0.1) is 19.7 Å². The van der Waals surface area contributed by atoms with Crippen LogP contribution in [0.25, 0.3) is 0 Å². The van der Waals surface area contributed by atoms with Crippen LogP contribution in [0.5, 0.6) is 0 Å². The lowest BCUT2D eigenvalue weighted by molar-refractivity contribution is -0.140. The minimum Gasteiger partial charge on any atom is -0.357 e. The number of carbonyl (C=O) groups is 2. The molecule has 2 rings (SSSR count). The monoisotopic (exact) mass is 463 g/mol. The summed E-state index contributed by atoms with van der Waals surface area (Å²) >= 11 is 0. The number of nitrogens with zero attached hydrogens (tertiary/aromatic N) is 2. The lowest BCUT2D eigenvalue weighted by Crippen LogP contribution is -2.51. The molecule has 1 atom stereocenters. The molecule has 0 bridgehead atoms. The second-order valence-electron chi connectivity index (χ2n) is 7.75. The summed E-state index contributed by atoms with van der Waals surface area (Å²) in [5, 5.41) is 2.55. The summed E-state index contributed by atoms with van der Waals surface area (Å²) in [6.07, 6.45) is 1.37. The van der Waals surface area contributed by atoms with Crippen molar-refractivity contribution in [2.24, 2.45) is 0 Å². The third kappa shape index (κ3) is 6.29. The second kappa shape index (κ2) is 10.6. The first-order valence-electron chi connectivity index (χ1n) is 10.3. The first kappa shape index (κ1) is 25.3. The van der Waals surface area contributed by atoms with Crippen LogP contribution in [0.4, 0.5) is 10.1 Å². The van der Waals surface area contributed by atoms with Crippen molar-refractivity contribution >= 4 is 27.5 Å². The molecule has 2 amide bonds. The fourth-order valence-electron chi connectivity index (χ4n) is 3.55. The first-order valence-corrected chi connectivity index (χ1v) is 12.1. The van der Waals surface area contributed by atoms with E-state index in [1.165, 1.54) is 36.2 Å². The number of aryl methyl sites for hydroxylation is 2. The van der Waals surface area contributed by atoms with E-state index < -0.39 is 34.3 Å². The Morgan fingerprint density at radius 3 is 2.22 bits per heavy atom. The van der Waals surface area contributed by atoms with Gasteiger partial charge in [0.15, 0.2) is 0 Å². The standard InChI is InChI=1S/C23H30FN3O4S/c1-6-20(23(29)25-4)26(14-18-8-10-19(24)11-9-18)22(28)15-27(32(5,30)31)21-12-7-16(2)13-17(21)3/h7-13,20H,6,14-15H2,1-5H3,(H,25,29). The molecule has 1 N–H and O–H groups in total. The summed E-state index contributed by atoms with van der Waals surface area (Å²) in [5.41, 5.74) is 2.71. The van der Waals surface area contributed by atoms with Gasteiger partial charge in [0.2, 0.25) is 21.8 Å². The summed E-state index contributed by atoms with van der Waals surface area (Å²) in [6.45, 7) is 5.02. The van der Waals surface area contributed by atoms with Gasteiger partial charge in [0.1, 0.15) is 18.4 Å². The van der Waals surface area contributed by atoms with Gasteiger partial charge in [-0.1, -0.05) is 36.8 Å². The molecule has 7 nitrogen and oxygen atoms in total. The molecule has 0 radical (unpaired) electrons. The van der Waals surface area contributed by atoms with Crippen LogP contribution in [0.1, 0.15) is 30.0 Å². The fourth-order valence-corrected chi connectivity index (χ4v) is 4.46. The van der Waals surface area contributed by atoms with Gasteiger partial charge in [0.25, 0.3) is 0 Å². The minimum absolute atomic E-state index is 0.0372. The zero-order valence-electron chi connectivity index (χ0n) is 19.1. The maximum atomic E-state index is 13.4. The fraction of sp³-hybridized carbons (Fsp3) is 0.391. The molecule has 2 aromatic carbocycles. The molecule has 0 saturated heterocycles. The van der Waals surface area contributed by atoms with E-state index in [0.29, 0.717) is 23.2 Å². The van der Waals surface area contributed by atoms with E-state index in [1.807, 2.05) is 13.0 Å². The molecular formula is C23H30FN3O4S. The zero-order valence-corrected chi connectivity index (χ0v) is 19.9. The Bertz CT molecular complexity index is 1070. The highest BCUT2D eigenvalue weighted by Gasteiger charge is 2.31. The summed E-state index contributed by atoms with van der Waals surface area (Å²) < 4.78 is 39.6. The molecule has 2 aromatic rings. The lowest BCUT2D eigenvalue weighted by atomic mass is 10.1. The molecule has 0 heterocycles. The normalized spacial score (nSPS) is 12.2. The van der Waals surface area contributed by atoms with Gasteiger partial charge in [-0.15, -0.1) is 0 Å². The van der Waals surface area contributed by atoms with Gasteiger partial charge >= 0.3 is 0 Å². The SMILES string of the molecule is CCC(C(=O)NC)N(Cc1ccc(F)cc1)C(=O)CN(c1ccc(C)cc1C)S(C)(=O)=O. The third-order valence-corrected chi connectivity index (χ3v) is 6.33. The van der Waals surface area contributed by atoms with Crippen LogP contribution in [-0.4, -0.2) is 51.0 Å². The van der Waals surface area contributed by atoms with Crippen LogP contribution in [0.15, 0.2) is 42.5 Å². The number of halogens is 1. The van der Waals surface area contributed by atoms with E-state index in [2.05, 4.69) is 5.32 Å². The molecule has 1 unspecified atom stereocenters. The van der Waals surface area contributed by atoms with Gasteiger partial charge in [-0.25, -0.2) is 12.8 Å². The van der Waals surface area contributed by atoms with Crippen LogP contribution < -0.4 is 9.62 Å². The maximum Gasteiger partial charge on any atom is 0.244 e. The molecule has 9 heteroatoms. The van der Waals surface area contributed by atoms with Crippen LogP contribution in [0.2, 0.25) is 0 Å². The number of nitrogens with one attached hydrogen (secondary N) is 1. The highest BCUT2D eigenvalue weighted by atomic mass is 32.2. The molecular weight excluding hydrogens is 433 g/mol. The van der Waals surface area contributed by atoms with Crippen LogP contribution in [0.3, 0.4) is 0 Å². The molecule has 32 heavy (non-hydrogen) atoms. The average molecular weight is 464 g/mol. The highest BCUT2D eigenvalue weighted by Crippen LogP contribution is 2.24. The Morgan fingerprint density at radius 2 is 1.72 bits per heavy atom. The van der Waals surface area contributed by atoms with Gasteiger partial charge in [-0.3, -0.25) is 13.9 Å². The van der Waals surface area contributed by atoms with E-state index in [0.717, 1.165) is 16.1 Å². The van der Waals surface area contributed by atoms with E-state index in [1.54, 1.807) is 26.0 Å². The quantitative estimate of drug-likeness (QED) is 0.620. The predicted octanol–water partition coefficient (Wildman–Crippen LogP) is 2.76. The number of anilines is 1. The molecule has 0 aliphatic rings. The Labute approximate surface area is 189 Å². The van der Waals surface area contributed by atoms with Crippen molar-refractivity contribution in [3.63, 3.8) is 0 Å².